The monoisotopic (exact) mass is 468 g/mol. The standard InChI is InChI=1S/C21H19F3N2O5S/c22-21(23,24)15-5-3-13(4-6-15)19(29)26-9-7-14(8-10-26)20(30)31-12-17(27)25-18(28)16-2-1-11-32-16/h1-6,11,14H,7-10,12H2,(H,25,27,28). The number of alkyl halides is 3. The Bertz CT molecular complexity index is 982. The molecule has 11 heteroatoms. The van der Waals surface area contributed by atoms with Gasteiger partial charge in [-0.15, -0.1) is 11.3 Å². The first-order chi connectivity index (χ1) is 15.1. The van der Waals surface area contributed by atoms with Gasteiger partial charge in [-0.05, 0) is 48.6 Å². The van der Waals surface area contributed by atoms with Gasteiger partial charge < -0.3 is 9.64 Å². The fraction of sp³-hybridized carbons (Fsp3) is 0.333. The zero-order valence-electron chi connectivity index (χ0n) is 16.7. The van der Waals surface area contributed by atoms with Gasteiger partial charge >= 0.3 is 12.1 Å². The van der Waals surface area contributed by atoms with Crippen molar-refractivity contribution < 1.29 is 37.1 Å². The van der Waals surface area contributed by atoms with Crippen molar-refractivity contribution in [2.75, 3.05) is 19.7 Å². The van der Waals surface area contributed by atoms with E-state index in [1.807, 2.05) is 0 Å². The molecule has 3 amide bonds. The van der Waals surface area contributed by atoms with E-state index in [0.717, 1.165) is 24.3 Å². The number of likely N-dealkylation sites (tertiary alicyclic amines) is 1. The van der Waals surface area contributed by atoms with Crippen molar-refractivity contribution in [3.63, 3.8) is 0 Å². The molecule has 1 aliphatic rings. The molecule has 1 saturated heterocycles. The summed E-state index contributed by atoms with van der Waals surface area (Å²) in [6.07, 6.45) is -3.89. The minimum absolute atomic E-state index is 0.131. The van der Waals surface area contributed by atoms with Crippen LogP contribution in [0.3, 0.4) is 0 Å². The first kappa shape index (κ1) is 23.5. The summed E-state index contributed by atoms with van der Waals surface area (Å²) in [5, 5.41) is 3.81. The number of thiophene rings is 1. The Morgan fingerprint density at radius 2 is 1.72 bits per heavy atom. The van der Waals surface area contributed by atoms with Crippen LogP contribution in [-0.2, 0) is 20.5 Å². The van der Waals surface area contributed by atoms with Gasteiger partial charge in [0.25, 0.3) is 17.7 Å². The van der Waals surface area contributed by atoms with Crippen LogP contribution in [-0.4, -0.2) is 48.3 Å². The average molecular weight is 468 g/mol. The predicted octanol–water partition coefficient (Wildman–Crippen LogP) is 3.12. The van der Waals surface area contributed by atoms with E-state index < -0.39 is 48.0 Å². The summed E-state index contributed by atoms with van der Waals surface area (Å²) >= 11 is 1.17. The topological polar surface area (TPSA) is 92.8 Å². The Balaban J connectivity index is 1.43. The van der Waals surface area contributed by atoms with Crippen LogP contribution in [0.2, 0.25) is 0 Å². The van der Waals surface area contributed by atoms with Crippen molar-refractivity contribution in [3.8, 4) is 0 Å². The number of imide groups is 1. The number of esters is 1. The van der Waals surface area contributed by atoms with E-state index in [-0.39, 0.29) is 18.7 Å². The van der Waals surface area contributed by atoms with Crippen LogP contribution in [0.4, 0.5) is 13.2 Å². The molecule has 0 atom stereocenters. The van der Waals surface area contributed by atoms with E-state index in [4.69, 9.17) is 4.74 Å². The molecule has 0 unspecified atom stereocenters. The second-order valence-electron chi connectivity index (χ2n) is 7.10. The second kappa shape index (κ2) is 9.94. The highest BCUT2D eigenvalue weighted by molar-refractivity contribution is 7.12. The van der Waals surface area contributed by atoms with Gasteiger partial charge in [-0.1, -0.05) is 6.07 Å². The summed E-state index contributed by atoms with van der Waals surface area (Å²) in [6.45, 7) is -0.147. The maximum atomic E-state index is 12.7. The van der Waals surface area contributed by atoms with E-state index >= 15 is 0 Å². The molecule has 1 N–H and O–H groups in total. The lowest BCUT2D eigenvalue weighted by Gasteiger charge is -2.31. The van der Waals surface area contributed by atoms with E-state index in [1.165, 1.54) is 16.2 Å². The molecule has 170 valence electrons. The van der Waals surface area contributed by atoms with Crippen LogP contribution in [0.1, 0.15) is 38.4 Å². The van der Waals surface area contributed by atoms with Crippen molar-refractivity contribution in [2.24, 2.45) is 5.92 Å². The molecule has 1 aliphatic heterocycles. The highest BCUT2D eigenvalue weighted by Crippen LogP contribution is 2.29. The van der Waals surface area contributed by atoms with Crippen molar-refractivity contribution in [2.45, 2.75) is 19.0 Å². The van der Waals surface area contributed by atoms with Crippen molar-refractivity contribution in [1.82, 2.24) is 10.2 Å². The molecule has 3 rings (SSSR count). The Morgan fingerprint density at radius 1 is 1.06 bits per heavy atom. The first-order valence-corrected chi connectivity index (χ1v) is 10.5. The minimum atomic E-state index is -4.48. The molecule has 1 fully saturated rings. The van der Waals surface area contributed by atoms with Crippen LogP contribution in [0.5, 0.6) is 0 Å². The van der Waals surface area contributed by atoms with Gasteiger partial charge in [-0.2, -0.15) is 13.2 Å². The quantitative estimate of drug-likeness (QED) is 0.681. The maximum Gasteiger partial charge on any atom is 0.416 e. The van der Waals surface area contributed by atoms with E-state index in [9.17, 15) is 32.3 Å². The summed E-state index contributed by atoms with van der Waals surface area (Å²) in [7, 11) is 0. The Morgan fingerprint density at radius 3 is 2.28 bits per heavy atom. The van der Waals surface area contributed by atoms with E-state index in [0.29, 0.717) is 17.7 Å². The van der Waals surface area contributed by atoms with Crippen LogP contribution < -0.4 is 5.32 Å². The number of benzene rings is 1. The lowest BCUT2D eigenvalue weighted by molar-refractivity contribution is -0.153. The van der Waals surface area contributed by atoms with Gasteiger partial charge in [-0.3, -0.25) is 24.5 Å². The Hall–Kier alpha value is -3.21. The van der Waals surface area contributed by atoms with Gasteiger partial charge in [0.05, 0.1) is 16.4 Å². The molecule has 1 aromatic carbocycles. The van der Waals surface area contributed by atoms with Crippen LogP contribution in [0, 0.1) is 5.92 Å². The Kier molecular flexibility index (Phi) is 7.29. The predicted molar refractivity (Wildman–Crippen MR) is 108 cm³/mol. The number of nitrogens with zero attached hydrogens (tertiary/aromatic N) is 1. The lowest BCUT2D eigenvalue weighted by atomic mass is 9.96. The van der Waals surface area contributed by atoms with Crippen LogP contribution in [0.15, 0.2) is 41.8 Å². The average Bonchev–Trinajstić information content (AvgIpc) is 3.32. The third kappa shape index (κ3) is 5.94. The molecule has 1 aromatic heterocycles. The van der Waals surface area contributed by atoms with Crippen LogP contribution in [0.25, 0.3) is 0 Å². The molecule has 0 aliphatic carbocycles. The smallest absolute Gasteiger partial charge is 0.416 e. The van der Waals surface area contributed by atoms with Crippen molar-refractivity contribution in [3.05, 3.63) is 57.8 Å². The van der Waals surface area contributed by atoms with Crippen molar-refractivity contribution >= 4 is 35.0 Å². The summed E-state index contributed by atoms with van der Waals surface area (Å²) in [4.78, 5) is 50.1. The number of hydrogen-bond acceptors (Lipinski definition) is 6. The zero-order valence-corrected chi connectivity index (χ0v) is 17.5. The normalized spacial score (nSPS) is 14.7. The molecular formula is C21H19F3N2O5S. The number of hydrogen-bond donors (Lipinski definition) is 1. The number of amides is 3. The number of carbonyl (C=O) groups excluding carboxylic acids is 4. The molecule has 0 bridgehead atoms. The number of ether oxygens (including phenoxy) is 1. The summed E-state index contributed by atoms with van der Waals surface area (Å²) in [5.41, 5.74) is -0.706. The van der Waals surface area contributed by atoms with Gasteiger partial charge in [0.15, 0.2) is 6.61 Å². The Labute approximate surface area is 185 Å². The zero-order chi connectivity index (χ0) is 23.3. The largest absolute Gasteiger partial charge is 0.455 e. The molecule has 0 radical (unpaired) electrons. The highest BCUT2D eigenvalue weighted by Gasteiger charge is 2.32. The van der Waals surface area contributed by atoms with Crippen molar-refractivity contribution in [1.29, 1.82) is 0 Å². The molecule has 7 nitrogen and oxygen atoms in total. The van der Waals surface area contributed by atoms with E-state index in [1.54, 1.807) is 17.5 Å². The lowest BCUT2D eigenvalue weighted by Crippen LogP contribution is -2.41. The molecule has 2 aromatic rings. The third-order valence-electron chi connectivity index (χ3n) is 4.92. The fourth-order valence-corrected chi connectivity index (χ4v) is 3.81. The third-order valence-corrected chi connectivity index (χ3v) is 5.79. The van der Waals surface area contributed by atoms with E-state index in [2.05, 4.69) is 5.32 Å². The minimum Gasteiger partial charge on any atom is -0.455 e. The number of carbonyl (C=O) groups is 4. The molecule has 0 spiro atoms. The number of halogens is 3. The summed E-state index contributed by atoms with van der Waals surface area (Å²) in [5.74, 6) is -2.86. The fourth-order valence-electron chi connectivity index (χ4n) is 3.19. The van der Waals surface area contributed by atoms with Gasteiger partial charge in [0, 0.05) is 18.7 Å². The van der Waals surface area contributed by atoms with Gasteiger partial charge in [0.2, 0.25) is 0 Å². The highest BCUT2D eigenvalue weighted by atomic mass is 32.1. The maximum absolute atomic E-state index is 12.7. The SMILES string of the molecule is O=C(COC(=O)C1CCN(C(=O)c2ccc(C(F)(F)F)cc2)CC1)NC(=O)c1cccs1. The second-order valence-corrected chi connectivity index (χ2v) is 8.05. The summed E-state index contributed by atoms with van der Waals surface area (Å²) < 4.78 is 42.9. The first-order valence-electron chi connectivity index (χ1n) is 9.66. The molecular weight excluding hydrogens is 449 g/mol. The van der Waals surface area contributed by atoms with Crippen LogP contribution >= 0.6 is 11.3 Å². The number of piperidine rings is 1. The molecule has 0 saturated carbocycles. The number of nitrogens with one attached hydrogen (secondary N) is 1. The van der Waals surface area contributed by atoms with Gasteiger partial charge in [-0.25, -0.2) is 0 Å². The number of rotatable bonds is 5. The van der Waals surface area contributed by atoms with Gasteiger partial charge in [0.1, 0.15) is 0 Å². The summed E-state index contributed by atoms with van der Waals surface area (Å²) in [6, 6.07) is 7.18. The molecule has 2 heterocycles. The molecule has 32 heavy (non-hydrogen) atoms.